The van der Waals surface area contributed by atoms with Crippen LogP contribution in [0.1, 0.15) is 82.8 Å². The molecule has 0 radical (unpaired) electrons. The van der Waals surface area contributed by atoms with Gasteiger partial charge in [-0.3, -0.25) is 0 Å². The van der Waals surface area contributed by atoms with E-state index in [4.69, 9.17) is 11.0 Å². The Morgan fingerprint density at radius 2 is 0.984 bits per heavy atom. The van der Waals surface area contributed by atoms with Crippen molar-refractivity contribution in [3.8, 4) is 22.3 Å². The highest BCUT2D eigenvalue weighted by atomic mass is 16.3. The van der Waals surface area contributed by atoms with Crippen molar-refractivity contribution in [2.45, 2.75) is 79.6 Å². The van der Waals surface area contributed by atoms with E-state index in [2.05, 4.69) is 216 Å². The van der Waals surface area contributed by atoms with Gasteiger partial charge >= 0.3 is 0 Å². The summed E-state index contributed by atoms with van der Waals surface area (Å²) >= 11 is 0. The summed E-state index contributed by atoms with van der Waals surface area (Å²) in [7, 11) is 0. The normalized spacial score (nSPS) is 19.3. The molecule has 61 heavy (non-hydrogen) atoms. The lowest BCUT2D eigenvalue weighted by Gasteiger charge is -2.54. The molecule has 6 aromatic carbocycles. The highest BCUT2D eigenvalue weighted by molar-refractivity contribution is 5.88. The van der Waals surface area contributed by atoms with Gasteiger partial charge in [0.05, 0.1) is 5.69 Å². The maximum atomic E-state index is 6.43. The van der Waals surface area contributed by atoms with Crippen LogP contribution >= 0.6 is 0 Å². The van der Waals surface area contributed by atoms with Crippen LogP contribution in [0.4, 0.5) is 34.1 Å². The molecule has 7 aromatic rings. The van der Waals surface area contributed by atoms with E-state index in [1.807, 2.05) is 6.26 Å². The summed E-state index contributed by atoms with van der Waals surface area (Å²) in [5.74, 6) is 0.910. The van der Waals surface area contributed by atoms with E-state index in [0.717, 1.165) is 51.0 Å². The van der Waals surface area contributed by atoms with Gasteiger partial charge in [0.2, 0.25) is 0 Å². The predicted octanol–water partition coefficient (Wildman–Crippen LogP) is 17.0. The number of allylic oxidation sites excluding steroid dienone is 2. The number of fused-ring (bicyclic) bond motifs is 3. The molecule has 0 atom stereocenters. The van der Waals surface area contributed by atoms with Crippen LogP contribution in [0.25, 0.3) is 28.3 Å². The molecule has 1 heterocycles. The van der Waals surface area contributed by atoms with Crippen molar-refractivity contribution in [3.05, 3.63) is 198 Å². The summed E-state index contributed by atoms with van der Waals surface area (Å²) < 4.78 is 6.43. The van der Waals surface area contributed by atoms with E-state index in [1.54, 1.807) is 0 Å². The topological polar surface area (TPSA) is 19.6 Å². The smallest absolute Gasteiger partial charge is 0.115 e. The van der Waals surface area contributed by atoms with Crippen molar-refractivity contribution in [3.63, 3.8) is 0 Å². The molecule has 3 aliphatic rings. The first-order valence-corrected chi connectivity index (χ1v) is 21.9. The average Bonchev–Trinajstić information content (AvgIpc) is 3.62. The van der Waals surface area contributed by atoms with Crippen molar-refractivity contribution in [2.75, 3.05) is 9.80 Å². The van der Waals surface area contributed by atoms with Gasteiger partial charge in [-0.1, -0.05) is 138 Å². The second-order valence-electron chi connectivity index (χ2n) is 19.1. The van der Waals surface area contributed by atoms with Crippen molar-refractivity contribution < 1.29 is 4.42 Å². The number of aryl methyl sites for hydroxylation is 2. The number of nitrogens with zero attached hydrogens (tertiary/aromatic N) is 2. The standard InChI is InChI=1S/C58H58N2O/c1-40-35-51(59(48-25-19-45(20-26-48)43-15-11-9-12-16-43)49-27-21-46(22-28-49)44-17-13-10-14-18-44)37-52(36-40)60(50-29-23-47(24-30-50)56(4,5)6)55-39-61-42(3)53(55)38-54-41(2)57(7)31-33-58(54,8)34-32-57/h9-30,35-39H,2,31-34H2,1,3-8H3/b54-38+. The van der Waals surface area contributed by atoms with Gasteiger partial charge in [-0.2, -0.15) is 0 Å². The van der Waals surface area contributed by atoms with Crippen LogP contribution in [0.15, 0.2) is 180 Å². The Hall–Kier alpha value is -6.32. The molecule has 0 saturated heterocycles. The molecule has 2 bridgehead atoms. The molecule has 3 aliphatic carbocycles. The largest absolute Gasteiger partial charge is 0.467 e. The van der Waals surface area contributed by atoms with Crippen molar-refractivity contribution in [1.82, 2.24) is 0 Å². The van der Waals surface area contributed by atoms with E-state index < -0.39 is 0 Å². The second kappa shape index (κ2) is 15.6. The minimum absolute atomic E-state index is 0.0283. The molecule has 0 spiro atoms. The van der Waals surface area contributed by atoms with Crippen LogP contribution in [-0.4, -0.2) is 0 Å². The Labute approximate surface area is 363 Å². The first-order chi connectivity index (χ1) is 29.3. The summed E-state index contributed by atoms with van der Waals surface area (Å²) in [4.78, 5) is 4.78. The molecule has 0 amide bonds. The van der Waals surface area contributed by atoms with Crippen molar-refractivity contribution in [1.29, 1.82) is 0 Å². The third-order valence-electron chi connectivity index (χ3n) is 13.7. The highest BCUT2D eigenvalue weighted by Gasteiger charge is 2.49. The third-order valence-corrected chi connectivity index (χ3v) is 13.7. The molecule has 3 nitrogen and oxygen atoms in total. The summed E-state index contributed by atoms with van der Waals surface area (Å²) in [5, 5.41) is 0. The molecular weight excluding hydrogens is 741 g/mol. The minimum atomic E-state index is 0.0283. The molecular formula is C58H58N2O. The summed E-state index contributed by atoms with van der Waals surface area (Å²) in [5.41, 5.74) is 17.7. The lowest BCUT2D eigenvalue weighted by Crippen LogP contribution is -2.41. The maximum absolute atomic E-state index is 6.43. The molecule has 3 fully saturated rings. The van der Waals surface area contributed by atoms with E-state index in [1.165, 1.54) is 64.6 Å². The number of hydrogen-bond donors (Lipinski definition) is 0. The van der Waals surface area contributed by atoms with Crippen LogP contribution in [0.5, 0.6) is 0 Å². The lowest BCUT2D eigenvalue weighted by atomic mass is 9.51. The number of furan rings is 1. The number of rotatable bonds is 9. The minimum Gasteiger partial charge on any atom is -0.467 e. The Morgan fingerprint density at radius 1 is 0.541 bits per heavy atom. The Balaban J connectivity index is 1.21. The fourth-order valence-corrected chi connectivity index (χ4v) is 9.67. The zero-order valence-electron chi connectivity index (χ0n) is 36.9. The first-order valence-electron chi connectivity index (χ1n) is 21.9. The number of hydrogen-bond acceptors (Lipinski definition) is 3. The molecule has 3 saturated carbocycles. The van der Waals surface area contributed by atoms with Gasteiger partial charge in [0.1, 0.15) is 12.0 Å². The molecule has 1 aromatic heterocycles. The summed E-state index contributed by atoms with van der Waals surface area (Å²) in [6, 6.07) is 55.2. The van der Waals surface area contributed by atoms with E-state index in [0.29, 0.717) is 0 Å². The van der Waals surface area contributed by atoms with Gasteiger partial charge in [-0.15, -0.1) is 0 Å². The zero-order valence-corrected chi connectivity index (χ0v) is 36.9. The molecule has 0 aliphatic heterocycles. The van der Waals surface area contributed by atoms with E-state index >= 15 is 0 Å². The van der Waals surface area contributed by atoms with Crippen LogP contribution in [0.3, 0.4) is 0 Å². The first kappa shape index (κ1) is 40.1. The quantitative estimate of drug-likeness (QED) is 0.145. The Bertz CT molecular complexity index is 2620. The van der Waals surface area contributed by atoms with Gasteiger partial charge in [-0.25, -0.2) is 0 Å². The molecule has 0 N–H and O–H groups in total. The van der Waals surface area contributed by atoms with Crippen LogP contribution in [-0.2, 0) is 5.41 Å². The fraction of sp³-hybridized carbons (Fsp3) is 0.241. The SMILES string of the molecule is C=C1/C(=C\c2c(N(c3ccc(C(C)(C)C)cc3)c3cc(C)cc(N(c4ccc(-c5ccccc5)cc4)c4ccc(-c5ccccc5)cc4)c3)coc2C)C2(C)CCC1(C)CC2. The number of anilines is 6. The molecule has 0 unspecified atom stereocenters. The Morgan fingerprint density at radius 3 is 1.49 bits per heavy atom. The van der Waals surface area contributed by atoms with Gasteiger partial charge in [0, 0.05) is 34.0 Å². The maximum Gasteiger partial charge on any atom is 0.115 e. The zero-order chi connectivity index (χ0) is 42.5. The third kappa shape index (κ3) is 7.67. The summed E-state index contributed by atoms with van der Waals surface area (Å²) in [6.45, 7) is 20.7. The van der Waals surface area contributed by atoms with Gasteiger partial charge in [0.15, 0.2) is 0 Å². The monoisotopic (exact) mass is 798 g/mol. The molecule has 3 heteroatoms. The fourth-order valence-electron chi connectivity index (χ4n) is 9.67. The van der Waals surface area contributed by atoms with Gasteiger partial charge in [0.25, 0.3) is 0 Å². The lowest BCUT2D eigenvalue weighted by molar-refractivity contribution is 0.123. The van der Waals surface area contributed by atoms with Gasteiger partial charge in [-0.05, 0) is 161 Å². The van der Waals surface area contributed by atoms with Crippen LogP contribution < -0.4 is 9.80 Å². The number of benzene rings is 6. The van der Waals surface area contributed by atoms with E-state index in [9.17, 15) is 0 Å². The van der Waals surface area contributed by atoms with Crippen molar-refractivity contribution >= 4 is 40.2 Å². The van der Waals surface area contributed by atoms with Crippen molar-refractivity contribution in [2.24, 2.45) is 10.8 Å². The second-order valence-corrected chi connectivity index (χ2v) is 19.1. The van der Waals surface area contributed by atoms with Crippen LogP contribution in [0, 0.1) is 24.7 Å². The van der Waals surface area contributed by atoms with Crippen LogP contribution in [0.2, 0.25) is 0 Å². The highest BCUT2D eigenvalue weighted by Crippen LogP contribution is 2.62. The predicted molar refractivity (Wildman–Crippen MR) is 259 cm³/mol. The van der Waals surface area contributed by atoms with E-state index in [-0.39, 0.29) is 16.2 Å². The molecule has 10 rings (SSSR count). The molecule has 306 valence electrons. The van der Waals surface area contributed by atoms with Gasteiger partial charge < -0.3 is 14.2 Å². The Kier molecular flexibility index (Phi) is 10.3. The summed E-state index contributed by atoms with van der Waals surface area (Å²) in [6.07, 6.45) is 9.17. The average molecular weight is 799 g/mol.